The molecule has 1 aromatic heterocycles. The summed E-state index contributed by atoms with van der Waals surface area (Å²) >= 11 is 0. The average molecular weight is 232 g/mol. The second-order valence-electron chi connectivity index (χ2n) is 5.70. The van der Waals surface area contributed by atoms with Crippen molar-refractivity contribution in [2.24, 2.45) is 5.41 Å². The van der Waals surface area contributed by atoms with Crippen molar-refractivity contribution in [1.82, 2.24) is 4.98 Å². The lowest BCUT2D eigenvalue weighted by Crippen LogP contribution is -2.25. The third kappa shape index (κ3) is 3.30. The van der Waals surface area contributed by atoms with Crippen molar-refractivity contribution in [1.29, 1.82) is 0 Å². The molecule has 1 heterocycles. The minimum Gasteiger partial charge on any atom is -0.389 e. The first kappa shape index (κ1) is 12.1. The van der Waals surface area contributed by atoms with Crippen molar-refractivity contribution in [2.45, 2.75) is 39.2 Å². The summed E-state index contributed by atoms with van der Waals surface area (Å²) in [4.78, 5) is 3.99. The zero-order valence-corrected chi connectivity index (χ0v) is 10.5. The Hall–Kier alpha value is -1.35. The Balaban J connectivity index is 2.14. The quantitative estimate of drug-likeness (QED) is 0.769. The van der Waals surface area contributed by atoms with Crippen LogP contribution in [0.5, 0.6) is 0 Å². The van der Waals surface area contributed by atoms with Gasteiger partial charge in [-0.1, -0.05) is 25.5 Å². The number of anilines is 1. The first-order valence-corrected chi connectivity index (χ1v) is 6.03. The van der Waals surface area contributed by atoms with Crippen molar-refractivity contribution in [3.8, 4) is 0 Å². The molecule has 0 saturated carbocycles. The van der Waals surface area contributed by atoms with Gasteiger partial charge in [0.1, 0.15) is 5.82 Å². The van der Waals surface area contributed by atoms with Crippen molar-refractivity contribution < 1.29 is 5.11 Å². The van der Waals surface area contributed by atoms with Crippen LogP contribution in [0.1, 0.15) is 32.3 Å². The predicted molar refractivity (Wildman–Crippen MR) is 69.5 cm³/mol. The number of aliphatic hydroxyl groups is 1. The molecule has 0 saturated heterocycles. The molecule has 3 nitrogen and oxygen atoms in total. The van der Waals surface area contributed by atoms with E-state index in [0.717, 1.165) is 24.8 Å². The summed E-state index contributed by atoms with van der Waals surface area (Å²) in [5.41, 5.74) is 8.30. The van der Waals surface area contributed by atoms with Crippen LogP contribution in [0.3, 0.4) is 0 Å². The van der Waals surface area contributed by atoms with E-state index in [-0.39, 0.29) is 11.5 Å². The SMILES string of the molecule is CC1(C)CC(Cc2ccnc(N)c2)=CC(O)C1. The highest BCUT2D eigenvalue weighted by molar-refractivity contribution is 5.34. The topological polar surface area (TPSA) is 59.1 Å². The zero-order chi connectivity index (χ0) is 12.5. The van der Waals surface area contributed by atoms with E-state index in [4.69, 9.17) is 5.73 Å². The maximum absolute atomic E-state index is 9.83. The van der Waals surface area contributed by atoms with Crippen LogP contribution in [0.2, 0.25) is 0 Å². The number of allylic oxidation sites excluding steroid dienone is 1. The summed E-state index contributed by atoms with van der Waals surface area (Å²) in [6.07, 6.45) is 6.14. The largest absolute Gasteiger partial charge is 0.389 e. The van der Waals surface area contributed by atoms with Gasteiger partial charge >= 0.3 is 0 Å². The monoisotopic (exact) mass is 232 g/mol. The van der Waals surface area contributed by atoms with E-state index in [1.807, 2.05) is 18.2 Å². The minimum atomic E-state index is -0.312. The van der Waals surface area contributed by atoms with Crippen LogP contribution in [-0.4, -0.2) is 16.2 Å². The summed E-state index contributed by atoms with van der Waals surface area (Å²) in [7, 11) is 0. The smallest absolute Gasteiger partial charge is 0.123 e. The molecule has 0 spiro atoms. The van der Waals surface area contributed by atoms with Crippen molar-refractivity contribution in [2.75, 3.05) is 5.73 Å². The summed E-state index contributed by atoms with van der Waals surface area (Å²) in [5.74, 6) is 0.554. The Kier molecular flexibility index (Phi) is 3.20. The number of nitrogens with zero attached hydrogens (tertiary/aromatic N) is 1. The maximum atomic E-state index is 9.83. The molecular weight excluding hydrogens is 212 g/mol. The molecule has 3 heteroatoms. The van der Waals surface area contributed by atoms with Gasteiger partial charge in [-0.25, -0.2) is 4.98 Å². The Morgan fingerprint density at radius 3 is 2.94 bits per heavy atom. The third-order valence-corrected chi connectivity index (χ3v) is 3.17. The third-order valence-electron chi connectivity index (χ3n) is 3.17. The van der Waals surface area contributed by atoms with Gasteiger partial charge in [0.2, 0.25) is 0 Å². The fraction of sp³-hybridized carbons (Fsp3) is 0.500. The molecule has 0 radical (unpaired) electrons. The lowest BCUT2D eigenvalue weighted by atomic mass is 9.75. The molecule has 0 fully saturated rings. The van der Waals surface area contributed by atoms with Gasteiger partial charge in [-0.2, -0.15) is 0 Å². The van der Waals surface area contributed by atoms with Crippen LogP contribution >= 0.6 is 0 Å². The maximum Gasteiger partial charge on any atom is 0.123 e. The van der Waals surface area contributed by atoms with E-state index in [2.05, 4.69) is 18.8 Å². The summed E-state index contributed by atoms with van der Waals surface area (Å²) in [5, 5.41) is 9.83. The van der Waals surface area contributed by atoms with Gasteiger partial charge in [-0.05, 0) is 42.4 Å². The molecule has 0 aromatic carbocycles. The van der Waals surface area contributed by atoms with E-state index in [9.17, 15) is 5.11 Å². The van der Waals surface area contributed by atoms with Crippen LogP contribution in [-0.2, 0) is 6.42 Å². The van der Waals surface area contributed by atoms with E-state index in [1.165, 1.54) is 5.57 Å². The van der Waals surface area contributed by atoms with Gasteiger partial charge in [0, 0.05) is 6.20 Å². The van der Waals surface area contributed by atoms with Crippen molar-refractivity contribution in [3.05, 3.63) is 35.5 Å². The number of pyridine rings is 1. The van der Waals surface area contributed by atoms with Crippen LogP contribution in [0.25, 0.3) is 0 Å². The molecule has 3 N–H and O–H groups in total. The van der Waals surface area contributed by atoms with Gasteiger partial charge in [0.15, 0.2) is 0 Å². The first-order valence-electron chi connectivity index (χ1n) is 6.03. The molecule has 17 heavy (non-hydrogen) atoms. The molecule has 1 unspecified atom stereocenters. The Bertz CT molecular complexity index is 438. The van der Waals surface area contributed by atoms with E-state index in [1.54, 1.807) is 6.20 Å². The van der Waals surface area contributed by atoms with E-state index >= 15 is 0 Å². The van der Waals surface area contributed by atoms with Gasteiger partial charge in [-0.3, -0.25) is 0 Å². The second-order valence-corrected chi connectivity index (χ2v) is 5.70. The number of nitrogen functional groups attached to an aromatic ring is 1. The average Bonchev–Trinajstić information content (AvgIpc) is 2.13. The molecule has 0 amide bonds. The lowest BCUT2D eigenvalue weighted by Gasteiger charge is -2.32. The van der Waals surface area contributed by atoms with Gasteiger partial charge < -0.3 is 10.8 Å². The molecule has 1 aliphatic carbocycles. The number of hydrogen-bond acceptors (Lipinski definition) is 3. The number of rotatable bonds is 2. The van der Waals surface area contributed by atoms with E-state index < -0.39 is 0 Å². The fourth-order valence-electron chi connectivity index (χ4n) is 2.63. The van der Waals surface area contributed by atoms with Gasteiger partial charge in [0.05, 0.1) is 6.10 Å². The highest BCUT2D eigenvalue weighted by Crippen LogP contribution is 2.36. The first-order chi connectivity index (χ1) is 7.94. The van der Waals surface area contributed by atoms with Gasteiger partial charge in [0.25, 0.3) is 0 Å². The Morgan fingerprint density at radius 1 is 1.53 bits per heavy atom. The molecule has 0 bridgehead atoms. The van der Waals surface area contributed by atoms with Gasteiger partial charge in [-0.15, -0.1) is 0 Å². The number of aromatic nitrogens is 1. The second kappa shape index (κ2) is 4.49. The molecule has 1 aromatic rings. The van der Waals surface area contributed by atoms with Crippen LogP contribution in [0, 0.1) is 5.41 Å². The normalized spacial score (nSPS) is 23.2. The molecular formula is C14H20N2O. The molecule has 1 aliphatic rings. The summed E-state index contributed by atoms with van der Waals surface area (Å²) in [6, 6.07) is 3.88. The number of nitrogens with two attached hydrogens (primary N) is 1. The summed E-state index contributed by atoms with van der Waals surface area (Å²) in [6.45, 7) is 4.40. The Labute approximate surface area is 102 Å². The predicted octanol–water partition coefficient (Wildman–Crippen LogP) is 2.31. The van der Waals surface area contributed by atoms with Crippen LogP contribution < -0.4 is 5.73 Å². The lowest BCUT2D eigenvalue weighted by molar-refractivity contribution is 0.138. The molecule has 1 atom stereocenters. The standard InChI is InChI=1S/C14H20N2O/c1-14(2)8-11(6-12(17)9-14)5-10-3-4-16-13(15)7-10/h3-4,6-7,12,17H,5,8-9H2,1-2H3,(H2,15,16). The Morgan fingerprint density at radius 2 is 2.29 bits per heavy atom. The molecule has 92 valence electrons. The highest BCUT2D eigenvalue weighted by atomic mass is 16.3. The highest BCUT2D eigenvalue weighted by Gasteiger charge is 2.27. The van der Waals surface area contributed by atoms with Crippen LogP contribution in [0.15, 0.2) is 30.0 Å². The fourth-order valence-corrected chi connectivity index (χ4v) is 2.63. The number of hydrogen-bond donors (Lipinski definition) is 2. The van der Waals surface area contributed by atoms with Crippen molar-refractivity contribution >= 4 is 5.82 Å². The van der Waals surface area contributed by atoms with Crippen LogP contribution in [0.4, 0.5) is 5.82 Å². The molecule has 0 aliphatic heterocycles. The summed E-state index contributed by atoms with van der Waals surface area (Å²) < 4.78 is 0. The van der Waals surface area contributed by atoms with E-state index in [0.29, 0.717) is 5.82 Å². The van der Waals surface area contributed by atoms with Crippen molar-refractivity contribution in [3.63, 3.8) is 0 Å². The molecule has 2 rings (SSSR count). The zero-order valence-electron chi connectivity index (χ0n) is 10.5. The minimum absolute atomic E-state index is 0.183. The number of aliphatic hydroxyl groups excluding tert-OH is 1.